The van der Waals surface area contributed by atoms with Gasteiger partial charge in [0.1, 0.15) is 5.82 Å². The highest BCUT2D eigenvalue weighted by molar-refractivity contribution is 9.10. The van der Waals surface area contributed by atoms with E-state index in [0.717, 1.165) is 29.9 Å². The summed E-state index contributed by atoms with van der Waals surface area (Å²) in [7, 11) is 2.07. The minimum atomic E-state index is 0.282. The Kier molecular flexibility index (Phi) is 4.77. The van der Waals surface area contributed by atoms with Gasteiger partial charge >= 0.3 is 0 Å². The van der Waals surface area contributed by atoms with Crippen LogP contribution in [0, 0.1) is 0 Å². The predicted octanol–water partition coefficient (Wildman–Crippen LogP) is 1.18. The molecule has 0 saturated carbocycles. The molecule has 0 atom stereocenters. The minimum Gasteiger partial charge on any atom is -0.368 e. The number of likely N-dealkylation sites (N-methyl/N-ethyl adjacent to an activating group) is 1. The molecular formula is C9H16BrN5. The fraction of sp³-hybridized carbons (Fsp3) is 0.556. The Hall–Kier alpha value is -0.880. The first-order valence-electron chi connectivity index (χ1n) is 4.84. The van der Waals surface area contributed by atoms with E-state index in [-0.39, 0.29) is 5.95 Å². The molecule has 84 valence electrons. The van der Waals surface area contributed by atoms with Gasteiger partial charge in [0.2, 0.25) is 5.95 Å². The van der Waals surface area contributed by atoms with Crippen LogP contribution in [-0.2, 0) is 0 Å². The summed E-state index contributed by atoms with van der Waals surface area (Å²) >= 11 is 3.36. The maximum absolute atomic E-state index is 5.49. The van der Waals surface area contributed by atoms with Crippen LogP contribution in [0.3, 0.4) is 0 Å². The molecule has 1 heterocycles. The Bertz CT molecular complexity index is 317. The molecule has 0 fully saturated rings. The van der Waals surface area contributed by atoms with Gasteiger partial charge in [0.15, 0.2) is 0 Å². The van der Waals surface area contributed by atoms with Gasteiger partial charge in [0.25, 0.3) is 0 Å². The van der Waals surface area contributed by atoms with E-state index in [9.17, 15) is 0 Å². The molecule has 5 nitrogen and oxygen atoms in total. The van der Waals surface area contributed by atoms with Crippen molar-refractivity contribution in [2.75, 3.05) is 37.7 Å². The van der Waals surface area contributed by atoms with E-state index in [0.29, 0.717) is 0 Å². The van der Waals surface area contributed by atoms with Crippen molar-refractivity contribution in [1.82, 2.24) is 14.9 Å². The highest BCUT2D eigenvalue weighted by Crippen LogP contribution is 2.18. The SMILES string of the molecule is CCN(C)CCNc1nc(N)ncc1Br. The summed E-state index contributed by atoms with van der Waals surface area (Å²) in [5, 5.41) is 3.20. The zero-order chi connectivity index (χ0) is 11.3. The van der Waals surface area contributed by atoms with Crippen molar-refractivity contribution in [3.05, 3.63) is 10.7 Å². The Morgan fingerprint density at radius 3 is 3.00 bits per heavy atom. The van der Waals surface area contributed by atoms with Gasteiger partial charge in [-0.05, 0) is 29.5 Å². The van der Waals surface area contributed by atoms with Crippen LogP contribution in [0.1, 0.15) is 6.92 Å². The summed E-state index contributed by atoms with van der Waals surface area (Å²) < 4.78 is 0.829. The second-order valence-corrected chi connectivity index (χ2v) is 4.10. The Balaban J connectivity index is 2.46. The highest BCUT2D eigenvalue weighted by atomic mass is 79.9. The van der Waals surface area contributed by atoms with Crippen LogP contribution < -0.4 is 11.1 Å². The number of anilines is 2. The van der Waals surface area contributed by atoms with Crippen LogP contribution in [0.15, 0.2) is 10.7 Å². The van der Waals surface area contributed by atoms with Crippen molar-refractivity contribution in [3.8, 4) is 0 Å². The fourth-order valence-electron chi connectivity index (χ4n) is 1.03. The van der Waals surface area contributed by atoms with E-state index in [1.165, 1.54) is 0 Å². The summed E-state index contributed by atoms with van der Waals surface area (Å²) in [6.07, 6.45) is 1.65. The quantitative estimate of drug-likeness (QED) is 0.844. The lowest BCUT2D eigenvalue weighted by Gasteiger charge is -2.14. The average molecular weight is 274 g/mol. The van der Waals surface area contributed by atoms with E-state index < -0.39 is 0 Å². The monoisotopic (exact) mass is 273 g/mol. The van der Waals surface area contributed by atoms with Crippen LogP contribution in [0.2, 0.25) is 0 Å². The van der Waals surface area contributed by atoms with E-state index in [4.69, 9.17) is 5.73 Å². The molecule has 3 N–H and O–H groups in total. The third-order valence-corrected chi connectivity index (χ3v) is 2.67. The molecule has 0 spiro atoms. The largest absolute Gasteiger partial charge is 0.368 e. The van der Waals surface area contributed by atoms with Crippen molar-refractivity contribution in [3.63, 3.8) is 0 Å². The molecule has 0 aliphatic carbocycles. The van der Waals surface area contributed by atoms with Crippen LogP contribution >= 0.6 is 15.9 Å². The number of hydrogen-bond acceptors (Lipinski definition) is 5. The molecule has 6 heteroatoms. The van der Waals surface area contributed by atoms with Crippen molar-refractivity contribution >= 4 is 27.7 Å². The minimum absolute atomic E-state index is 0.282. The normalized spacial score (nSPS) is 10.7. The summed E-state index contributed by atoms with van der Waals surface area (Å²) in [4.78, 5) is 10.2. The standard InChI is InChI=1S/C9H16BrN5/c1-3-15(2)5-4-12-8-7(10)6-13-9(11)14-8/h6H,3-5H2,1-2H3,(H3,11,12,13,14). The molecule has 1 aromatic heterocycles. The van der Waals surface area contributed by atoms with Crippen molar-refractivity contribution in [1.29, 1.82) is 0 Å². The lowest BCUT2D eigenvalue weighted by atomic mass is 10.5. The predicted molar refractivity (Wildman–Crippen MR) is 65.8 cm³/mol. The number of rotatable bonds is 5. The molecule has 15 heavy (non-hydrogen) atoms. The van der Waals surface area contributed by atoms with Crippen molar-refractivity contribution in [2.24, 2.45) is 0 Å². The fourth-order valence-corrected chi connectivity index (χ4v) is 1.36. The number of hydrogen-bond donors (Lipinski definition) is 2. The topological polar surface area (TPSA) is 67.1 Å². The third-order valence-electron chi connectivity index (χ3n) is 2.09. The molecule has 0 bridgehead atoms. The summed E-state index contributed by atoms with van der Waals surface area (Å²) in [6, 6.07) is 0. The zero-order valence-electron chi connectivity index (χ0n) is 9.00. The van der Waals surface area contributed by atoms with Crippen molar-refractivity contribution in [2.45, 2.75) is 6.92 Å². The Morgan fingerprint density at radius 2 is 2.33 bits per heavy atom. The van der Waals surface area contributed by atoms with Crippen molar-refractivity contribution < 1.29 is 0 Å². The van der Waals surface area contributed by atoms with E-state index in [2.05, 4.69) is 50.1 Å². The summed E-state index contributed by atoms with van der Waals surface area (Å²) in [6.45, 7) is 4.96. The number of halogens is 1. The lowest BCUT2D eigenvalue weighted by Crippen LogP contribution is -2.25. The average Bonchev–Trinajstić information content (AvgIpc) is 2.23. The summed E-state index contributed by atoms with van der Waals surface area (Å²) in [5.74, 6) is 1.02. The maximum atomic E-state index is 5.49. The van der Waals surface area contributed by atoms with Crippen LogP contribution in [0.4, 0.5) is 11.8 Å². The van der Waals surface area contributed by atoms with Gasteiger partial charge in [-0.15, -0.1) is 0 Å². The molecular weight excluding hydrogens is 258 g/mol. The first-order valence-corrected chi connectivity index (χ1v) is 5.63. The van der Waals surface area contributed by atoms with Gasteiger partial charge in [0, 0.05) is 19.3 Å². The Morgan fingerprint density at radius 1 is 1.60 bits per heavy atom. The van der Waals surface area contributed by atoms with Gasteiger partial charge in [0.05, 0.1) is 4.47 Å². The number of nitrogens with zero attached hydrogens (tertiary/aromatic N) is 3. The molecule has 0 radical (unpaired) electrons. The molecule has 0 aliphatic heterocycles. The van der Waals surface area contributed by atoms with Gasteiger partial charge < -0.3 is 16.0 Å². The molecule has 0 aromatic carbocycles. The first-order chi connectivity index (χ1) is 7.13. The van der Waals surface area contributed by atoms with E-state index in [1.54, 1.807) is 6.20 Å². The highest BCUT2D eigenvalue weighted by Gasteiger charge is 2.02. The zero-order valence-corrected chi connectivity index (χ0v) is 10.6. The van der Waals surface area contributed by atoms with E-state index >= 15 is 0 Å². The van der Waals surface area contributed by atoms with Gasteiger partial charge in [-0.3, -0.25) is 0 Å². The molecule has 0 aliphatic rings. The Labute approximate surface area is 98.2 Å². The smallest absolute Gasteiger partial charge is 0.221 e. The molecule has 0 saturated heterocycles. The molecule has 0 amide bonds. The van der Waals surface area contributed by atoms with Gasteiger partial charge in [-0.2, -0.15) is 4.98 Å². The van der Waals surface area contributed by atoms with Gasteiger partial charge in [-0.1, -0.05) is 6.92 Å². The lowest BCUT2D eigenvalue weighted by molar-refractivity contribution is 0.367. The first kappa shape index (κ1) is 12.2. The molecule has 0 unspecified atom stereocenters. The van der Waals surface area contributed by atoms with E-state index in [1.807, 2.05) is 0 Å². The molecule has 1 rings (SSSR count). The number of nitrogens with two attached hydrogens (primary N) is 1. The van der Waals surface area contributed by atoms with Gasteiger partial charge in [-0.25, -0.2) is 4.98 Å². The second kappa shape index (κ2) is 5.87. The van der Waals surface area contributed by atoms with Crippen LogP contribution in [0.5, 0.6) is 0 Å². The second-order valence-electron chi connectivity index (χ2n) is 3.25. The maximum Gasteiger partial charge on any atom is 0.221 e. The number of nitrogen functional groups attached to an aromatic ring is 1. The molecule has 1 aromatic rings. The third kappa shape index (κ3) is 4.01. The number of nitrogens with one attached hydrogen (secondary N) is 1. The van der Waals surface area contributed by atoms with Crippen LogP contribution in [0.25, 0.3) is 0 Å². The summed E-state index contributed by atoms with van der Waals surface area (Å²) in [5.41, 5.74) is 5.49. The number of aromatic nitrogens is 2. The van der Waals surface area contributed by atoms with Crippen LogP contribution in [-0.4, -0.2) is 41.5 Å².